The lowest BCUT2D eigenvalue weighted by molar-refractivity contribution is 0.187. The summed E-state index contributed by atoms with van der Waals surface area (Å²) >= 11 is 0. The van der Waals surface area contributed by atoms with Crippen LogP contribution in [-0.4, -0.2) is 24.0 Å². The highest BCUT2D eigenvalue weighted by molar-refractivity contribution is 5.74. The molecule has 0 aromatic heterocycles. The molecule has 0 aliphatic carbocycles. The molecule has 118 valence electrons. The van der Waals surface area contributed by atoms with Crippen molar-refractivity contribution in [2.75, 3.05) is 13.1 Å². The van der Waals surface area contributed by atoms with E-state index in [1.165, 1.54) is 5.56 Å². The van der Waals surface area contributed by atoms with Gasteiger partial charge in [0.1, 0.15) is 0 Å². The van der Waals surface area contributed by atoms with E-state index in [-0.39, 0.29) is 6.03 Å². The van der Waals surface area contributed by atoms with Crippen LogP contribution < -0.4 is 5.32 Å². The lowest BCUT2D eigenvalue weighted by Gasteiger charge is -2.25. The summed E-state index contributed by atoms with van der Waals surface area (Å²) in [6, 6.07) is 10.2. The van der Waals surface area contributed by atoms with E-state index in [0.717, 1.165) is 25.9 Å². The van der Waals surface area contributed by atoms with Crippen LogP contribution in [0.4, 0.5) is 4.79 Å². The molecule has 2 amide bonds. The van der Waals surface area contributed by atoms with Crippen molar-refractivity contribution in [1.29, 1.82) is 0 Å². The number of carbonyl (C=O) groups is 1. The molecule has 0 fully saturated rings. The van der Waals surface area contributed by atoms with Gasteiger partial charge in [-0.3, -0.25) is 0 Å². The Balaban J connectivity index is 2.50. The molecular weight excluding hydrogens is 260 g/mol. The first-order valence-corrected chi connectivity index (χ1v) is 8.05. The van der Waals surface area contributed by atoms with Crippen molar-refractivity contribution >= 4 is 6.03 Å². The molecule has 1 aromatic carbocycles. The Bertz CT molecular complexity index is 401. The zero-order chi connectivity index (χ0) is 15.7. The second-order valence-corrected chi connectivity index (χ2v) is 6.53. The maximum Gasteiger partial charge on any atom is 0.317 e. The van der Waals surface area contributed by atoms with Crippen molar-refractivity contribution < 1.29 is 4.79 Å². The van der Waals surface area contributed by atoms with Crippen LogP contribution >= 0.6 is 0 Å². The van der Waals surface area contributed by atoms with Crippen LogP contribution in [0.3, 0.4) is 0 Å². The molecule has 0 atom stereocenters. The third-order valence-electron chi connectivity index (χ3n) is 3.32. The Hall–Kier alpha value is -1.51. The van der Waals surface area contributed by atoms with Crippen molar-refractivity contribution in [3.8, 4) is 0 Å². The lowest BCUT2D eigenvalue weighted by atomic mass is 10.1. The Morgan fingerprint density at radius 3 is 2.33 bits per heavy atom. The van der Waals surface area contributed by atoms with E-state index in [1.54, 1.807) is 0 Å². The molecule has 3 heteroatoms. The van der Waals surface area contributed by atoms with E-state index in [9.17, 15) is 4.79 Å². The Morgan fingerprint density at radius 1 is 1.10 bits per heavy atom. The number of rotatable bonds is 8. The Kier molecular flexibility index (Phi) is 7.88. The Morgan fingerprint density at radius 2 is 1.76 bits per heavy atom. The largest absolute Gasteiger partial charge is 0.338 e. The number of benzene rings is 1. The third-order valence-corrected chi connectivity index (χ3v) is 3.32. The van der Waals surface area contributed by atoms with Crippen LogP contribution in [0.25, 0.3) is 0 Å². The summed E-state index contributed by atoms with van der Waals surface area (Å²) in [7, 11) is 0. The molecule has 0 aliphatic rings. The van der Waals surface area contributed by atoms with Crippen LogP contribution in [0.1, 0.15) is 46.1 Å². The maximum atomic E-state index is 12.3. The summed E-state index contributed by atoms with van der Waals surface area (Å²) in [5.74, 6) is 1.16. The van der Waals surface area contributed by atoms with Gasteiger partial charge in [0.15, 0.2) is 0 Å². The predicted molar refractivity (Wildman–Crippen MR) is 89.2 cm³/mol. The van der Waals surface area contributed by atoms with Gasteiger partial charge in [0.2, 0.25) is 0 Å². The van der Waals surface area contributed by atoms with Crippen LogP contribution in [0.5, 0.6) is 0 Å². The van der Waals surface area contributed by atoms with E-state index >= 15 is 0 Å². The molecule has 1 rings (SSSR count). The smallest absolute Gasteiger partial charge is 0.317 e. The second-order valence-electron chi connectivity index (χ2n) is 6.53. The molecule has 1 aromatic rings. The van der Waals surface area contributed by atoms with E-state index in [1.807, 2.05) is 23.1 Å². The summed E-state index contributed by atoms with van der Waals surface area (Å²) in [5.41, 5.74) is 1.18. The highest BCUT2D eigenvalue weighted by Gasteiger charge is 2.14. The first-order valence-electron chi connectivity index (χ1n) is 8.05. The third kappa shape index (κ3) is 7.74. The molecular formula is C18H30N2O. The molecule has 0 saturated carbocycles. The lowest BCUT2D eigenvalue weighted by Crippen LogP contribution is -2.41. The number of nitrogens with one attached hydrogen (secondary N) is 1. The molecule has 3 nitrogen and oxygen atoms in total. The standard InChI is InChI=1S/C18H30N2O/c1-15(2)9-8-12-19-18(21)20(13-16(3)4)14-17-10-6-5-7-11-17/h5-7,10-11,15-16H,8-9,12-14H2,1-4H3,(H,19,21). The van der Waals surface area contributed by atoms with Gasteiger partial charge in [0.05, 0.1) is 0 Å². The van der Waals surface area contributed by atoms with E-state index < -0.39 is 0 Å². The van der Waals surface area contributed by atoms with Crippen LogP contribution in [0, 0.1) is 11.8 Å². The fourth-order valence-electron chi connectivity index (χ4n) is 2.28. The normalized spacial score (nSPS) is 11.0. The monoisotopic (exact) mass is 290 g/mol. The number of hydrogen-bond acceptors (Lipinski definition) is 1. The number of carbonyl (C=O) groups excluding carboxylic acids is 1. The Labute approximate surface area is 129 Å². The second kappa shape index (κ2) is 9.43. The fraction of sp³-hybridized carbons (Fsp3) is 0.611. The summed E-state index contributed by atoms with van der Waals surface area (Å²) in [6.07, 6.45) is 2.20. The van der Waals surface area contributed by atoms with Crippen molar-refractivity contribution in [2.45, 2.75) is 47.1 Å². The zero-order valence-electron chi connectivity index (χ0n) is 13.9. The molecule has 0 bridgehead atoms. The average Bonchev–Trinajstić information content (AvgIpc) is 2.43. The average molecular weight is 290 g/mol. The van der Waals surface area contributed by atoms with Crippen molar-refractivity contribution in [1.82, 2.24) is 10.2 Å². The first-order chi connectivity index (χ1) is 9.99. The van der Waals surface area contributed by atoms with Crippen molar-refractivity contribution in [3.05, 3.63) is 35.9 Å². The number of hydrogen-bond donors (Lipinski definition) is 1. The van der Waals surface area contributed by atoms with Gasteiger partial charge in [0.25, 0.3) is 0 Å². The molecule has 0 aliphatic heterocycles. The molecule has 0 unspecified atom stereocenters. The summed E-state index contributed by atoms with van der Waals surface area (Å²) in [5, 5.41) is 3.05. The predicted octanol–water partition coefficient (Wildman–Crippen LogP) is 4.29. The molecule has 21 heavy (non-hydrogen) atoms. The number of amides is 2. The van der Waals surface area contributed by atoms with Crippen LogP contribution in [0.2, 0.25) is 0 Å². The minimum absolute atomic E-state index is 0.0521. The van der Waals surface area contributed by atoms with Gasteiger partial charge in [0, 0.05) is 19.6 Å². The number of nitrogens with zero attached hydrogens (tertiary/aromatic N) is 1. The highest BCUT2D eigenvalue weighted by Crippen LogP contribution is 2.08. The van der Waals surface area contributed by atoms with Gasteiger partial charge in [-0.1, -0.05) is 58.0 Å². The SMILES string of the molecule is CC(C)CCCNC(=O)N(Cc1ccccc1)CC(C)C. The minimum Gasteiger partial charge on any atom is -0.338 e. The molecule has 0 spiro atoms. The first kappa shape index (κ1) is 17.5. The van der Waals surface area contributed by atoms with E-state index in [2.05, 4.69) is 45.1 Å². The van der Waals surface area contributed by atoms with Gasteiger partial charge in [-0.2, -0.15) is 0 Å². The van der Waals surface area contributed by atoms with Gasteiger partial charge in [-0.05, 0) is 30.2 Å². The van der Waals surface area contributed by atoms with Crippen LogP contribution in [-0.2, 0) is 6.54 Å². The topological polar surface area (TPSA) is 32.3 Å². The van der Waals surface area contributed by atoms with Crippen molar-refractivity contribution in [2.24, 2.45) is 11.8 Å². The highest BCUT2D eigenvalue weighted by atomic mass is 16.2. The van der Waals surface area contributed by atoms with Crippen molar-refractivity contribution in [3.63, 3.8) is 0 Å². The van der Waals surface area contributed by atoms with E-state index in [0.29, 0.717) is 18.4 Å². The maximum absolute atomic E-state index is 12.3. The molecule has 0 heterocycles. The van der Waals surface area contributed by atoms with Gasteiger partial charge in [-0.15, -0.1) is 0 Å². The van der Waals surface area contributed by atoms with Gasteiger partial charge in [-0.25, -0.2) is 4.79 Å². The fourth-order valence-corrected chi connectivity index (χ4v) is 2.28. The zero-order valence-corrected chi connectivity index (χ0v) is 13.9. The minimum atomic E-state index is 0.0521. The van der Waals surface area contributed by atoms with Gasteiger partial charge < -0.3 is 10.2 Å². The number of urea groups is 1. The summed E-state index contributed by atoms with van der Waals surface area (Å²) in [6.45, 7) is 10.9. The quantitative estimate of drug-likeness (QED) is 0.712. The summed E-state index contributed by atoms with van der Waals surface area (Å²) in [4.78, 5) is 14.3. The van der Waals surface area contributed by atoms with Gasteiger partial charge >= 0.3 is 6.03 Å². The molecule has 0 saturated heterocycles. The van der Waals surface area contributed by atoms with Crippen LogP contribution in [0.15, 0.2) is 30.3 Å². The molecule has 0 radical (unpaired) electrons. The molecule has 1 N–H and O–H groups in total. The van der Waals surface area contributed by atoms with E-state index in [4.69, 9.17) is 0 Å². The summed E-state index contributed by atoms with van der Waals surface area (Å²) < 4.78 is 0.